The highest BCUT2D eigenvalue weighted by molar-refractivity contribution is 6.28. The van der Waals surface area contributed by atoms with Crippen molar-refractivity contribution in [3.63, 3.8) is 0 Å². The molecule has 0 saturated heterocycles. The second-order valence-corrected chi connectivity index (χ2v) is 4.37. The van der Waals surface area contributed by atoms with Crippen molar-refractivity contribution < 1.29 is 4.39 Å². The van der Waals surface area contributed by atoms with Crippen LogP contribution in [0.15, 0.2) is 24.3 Å². The van der Waals surface area contributed by atoms with Crippen LogP contribution in [0.25, 0.3) is 11.4 Å². The fourth-order valence-corrected chi connectivity index (χ4v) is 1.60. The Balaban J connectivity index is 2.45. The summed E-state index contributed by atoms with van der Waals surface area (Å²) < 4.78 is 13.6. The molecule has 94 valence electrons. The van der Waals surface area contributed by atoms with E-state index in [9.17, 15) is 4.39 Å². The van der Waals surface area contributed by atoms with Crippen molar-refractivity contribution in [2.24, 2.45) is 0 Å². The van der Waals surface area contributed by atoms with E-state index in [1.54, 1.807) is 18.2 Å². The number of nitrogens with zero attached hydrogens (tertiary/aromatic N) is 3. The van der Waals surface area contributed by atoms with Crippen LogP contribution in [-0.4, -0.2) is 21.0 Å². The maximum absolute atomic E-state index is 13.6. The number of anilines is 1. The summed E-state index contributed by atoms with van der Waals surface area (Å²) in [5, 5.41) is 3.04. The molecule has 0 aliphatic rings. The molecule has 4 nitrogen and oxygen atoms in total. The van der Waals surface area contributed by atoms with Gasteiger partial charge in [0.05, 0.1) is 5.56 Å². The molecule has 0 atom stereocenters. The summed E-state index contributed by atoms with van der Waals surface area (Å²) in [6, 6.07) is 6.42. The molecule has 0 fully saturated rings. The van der Waals surface area contributed by atoms with Crippen LogP contribution in [-0.2, 0) is 0 Å². The van der Waals surface area contributed by atoms with Crippen LogP contribution < -0.4 is 5.32 Å². The van der Waals surface area contributed by atoms with Gasteiger partial charge in [-0.25, -0.2) is 4.39 Å². The van der Waals surface area contributed by atoms with E-state index < -0.39 is 5.82 Å². The highest BCUT2D eigenvalue weighted by Crippen LogP contribution is 2.20. The third kappa shape index (κ3) is 2.92. The predicted molar refractivity (Wildman–Crippen MR) is 69.0 cm³/mol. The molecule has 0 saturated carbocycles. The van der Waals surface area contributed by atoms with Crippen LogP contribution in [0.1, 0.15) is 13.8 Å². The topological polar surface area (TPSA) is 50.7 Å². The summed E-state index contributed by atoms with van der Waals surface area (Å²) in [4.78, 5) is 12.0. The summed E-state index contributed by atoms with van der Waals surface area (Å²) in [5.74, 6) is 0.162. The number of nitrogens with one attached hydrogen (secondary N) is 1. The predicted octanol–water partition coefficient (Wildman–Crippen LogP) is 3.15. The third-order valence-electron chi connectivity index (χ3n) is 2.14. The standard InChI is InChI=1S/C12H12ClFN4/c1-7(2)15-12-17-10(16-11(13)18-12)8-5-3-4-6-9(8)14/h3-7H,1-2H3,(H,15,16,17,18). The zero-order chi connectivity index (χ0) is 13.1. The summed E-state index contributed by atoms with van der Waals surface area (Å²) in [6.45, 7) is 3.89. The Labute approximate surface area is 109 Å². The quantitative estimate of drug-likeness (QED) is 0.927. The van der Waals surface area contributed by atoms with E-state index in [1.807, 2.05) is 13.8 Å². The van der Waals surface area contributed by atoms with Gasteiger partial charge < -0.3 is 5.32 Å². The van der Waals surface area contributed by atoms with E-state index >= 15 is 0 Å². The Morgan fingerprint density at radius 2 is 1.89 bits per heavy atom. The molecule has 0 radical (unpaired) electrons. The average Bonchev–Trinajstić information content (AvgIpc) is 2.27. The Hall–Kier alpha value is -1.75. The van der Waals surface area contributed by atoms with Gasteiger partial charge in [-0.15, -0.1) is 0 Å². The van der Waals surface area contributed by atoms with E-state index in [0.29, 0.717) is 11.5 Å². The second kappa shape index (κ2) is 5.27. The molecule has 0 spiro atoms. The van der Waals surface area contributed by atoms with Gasteiger partial charge in [0.15, 0.2) is 5.82 Å². The fourth-order valence-electron chi connectivity index (χ4n) is 1.44. The Morgan fingerprint density at radius 1 is 1.17 bits per heavy atom. The van der Waals surface area contributed by atoms with Gasteiger partial charge in [0, 0.05) is 6.04 Å². The van der Waals surface area contributed by atoms with Gasteiger partial charge in [-0.2, -0.15) is 15.0 Å². The first-order chi connectivity index (χ1) is 8.56. The number of halogens is 2. The molecule has 6 heteroatoms. The smallest absolute Gasteiger partial charge is 0.227 e. The molecule has 0 amide bonds. The van der Waals surface area contributed by atoms with Gasteiger partial charge in [0.2, 0.25) is 11.2 Å². The molecule has 1 N–H and O–H groups in total. The number of hydrogen-bond donors (Lipinski definition) is 1. The summed E-state index contributed by atoms with van der Waals surface area (Å²) in [7, 11) is 0. The third-order valence-corrected chi connectivity index (χ3v) is 2.31. The fraction of sp³-hybridized carbons (Fsp3) is 0.250. The molecule has 1 aromatic carbocycles. The largest absolute Gasteiger partial charge is 0.352 e. The lowest BCUT2D eigenvalue weighted by molar-refractivity contribution is 0.630. The number of aromatic nitrogens is 3. The minimum atomic E-state index is -0.393. The van der Waals surface area contributed by atoms with Crippen molar-refractivity contribution in [3.05, 3.63) is 35.4 Å². The van der Waals surface area contributed by atoms with Crippen LogP contribution in [0, 0.1) is 5.82 Å². The van der Waals surface area contributed by atoms with Crippen LogP contribution in [0.3, 0.4) is 0 Å². The summed E-state index contributed by atoms with van der Waals surface area (Å²) in [6.07, 6.45) is 0. The van der Waals surface area contributed by atoms with Crippen molar-refractivity contribution in [1.82, 2.24) is 15.0 Å². The monoisotopic (exact) mass is 266 g/mol. The van der Waals surface area contributed by atoms with E-state index in [4.69, 9.17) is 11.6 Å². The zero-order valence-electron chi connectivity index (χ0n) is 9.98. The first kappa shape index (κ1) is 12.7. The minimum absolute atomic E-state index is 0.0337. The van der Waals surface area contributed by atoms with Gasteiger partial charge in [-0.3, -0.25) is 0 Å². The lowest BCUT2D eigenvalue weighted by atomic mass is 10.2. The van der Waals surface area contributed by atoms with E-state index in [1.165, 1.54) is 6.07 Å². The minimum Gasteiger partial charge on any atom is -0.352 e. The van der Waals surface area contributed by atoms with Crippen LogP contribution in [0.4, 0.5) is 10.3 Å². The van der Waals surface area contributed by atoms with E-state index in [0.717, 1.165) is 0 Å². The maximum Gasteiger partial charge on any atom is 0.227 e. The van der Waals surface area contributed by atoms with Gasteiger partial charge in [0.25, 0.3) is 0 Å². The molecule has 0 aliphatic carbocycles. The molecule has 18 heavy (non-hydrogen) atoms. The van der Waals surface area contributed by atoms with Crippen LogP contribution in [0.5, 0.6) is 0 Å². The molecule has 2 aromatic rings. The number of hydrogen-bond acceptors (Lipinski definition) is 4. The molecular weight excluding hydrogens is 255 g/mol. The maximum atomic E-state index is 13.6. The van der Waals surface area contributed by atoms with Gasteiger partial charge in [-0.1, -0.05) is 12.1 Å². The summed E-state index contributed by atoms with van der Waals surface area (Å²) in [5.41, 5.74) is 0.300. The highest BCUT2D eigenvalue weighted by atomic mass is 35.5. The lowest BCUT2D eigenvalue weighted by Gasteiger charge is -2.09. The molecular formula is C12H12ClFN4. The van der Waals surface area contributed by atoms with Crippen molar-refractivity contribution in [1.29, 1.82) is 0 Å². The second-order valence-electron chi connectivity index (χ2n) is 4.03. The SMILES string of the molecule is CC(C)Nc1nc(Cl)nc(-c2ccccc2F)n1. The zero-order valence-corrected chi connectivity index (χ0v) is 10.7. The molecule has 0 unspecified atom stereocenters. The van der Waals surface area contributed by atoms with Crippen molar-refractivity contribution in [3.8, 4) is 11.4 Å². The first-order valence-corrected chi connectivity index (χ1v) is 5.87. The Kier molecular flexibility index (Phi) is 3.72. The van der Waals surface area contributed by atoms with E-state index in [2.05, 4.69) is 20.3 Å². The Morgan fingerprint density at radius 3 is 2.56 bits per heavy atom. The van der Waals surface area contributed by atoms with Crippen molar-refractivity contribution in [2.75, 3.05) is 5.32 Å². The lowest BCUT2D eigenvalue weighted by Crippen LogP contribution is -2.13. The summed E-state index contributed by atoms with van der Waals surface area (Å²) >= 11 is 5.81. The first-order valence-electron chi connectivity index (χ1n) is 5.49. The van der Waals surface area contributed by atoms with Crippen LogP contribution >= 0.6 is 11.6 Å². The Bertz CT molecular complexity index is 560. The van der Waals surface area contributed by atoms with Gasteiger partial charge in [-0.05, 0) is 37.6 Å². The van der Waals surface area contributed by atoms with Crippen molar-refractivity contribution >= 4 is 17.5 Å². The van der Waals surface area contributed by atoms with Gasteiger partial charge >= 0.3 is 0 Å². The molecule has 2 rings (SSSR count). The van der Waals surface area contributed by atoms with Crippen LogP contribution in [0.2, 0.25) is 5.28 Å². The average molecular weight is 267 g/mol. The molecule has 0 bridgehead atoms. The van der Waals surface area contributed by atoms with Gasteiger partial charge in [0.1, 0.15) is 5.82 Å². The van der Waals surface area contributed by atoms with E-state index in [-0.39, 0.29) is 17.1 Å². The highest BCUT2D eigenvalue weighted by Gasteiger charge is 2.11. The number of rotatable bonds is 3. The molecule has 0 aliphatic heterocycles. The normalized spacial score (nSPS) is 10.7. The number of benzene rings is 1. The van der Waals surface area contributed by atoms with Crippen molar-refractivity contribution in [2.45, 2.75) is 19.9 Å². The molecule has 1 heterocycles. The molecule has 1 aromatic heterocycles.